The van der Waals surface area contributed by atoms with Gasteiger partial charge in [-0.3, -0.25) is 4.79 Å². The zero-order chi connectivity index (χ0) is 20.4. The van der Waals surface area contributed by atoms with E-state index in [0.717, 1.165) is 17.7 Å². The SMILES string of the molecule is O=C(Nc1c(F)cccc1F)c1ccccc1-c1ncc(-c2ccc(Cl)cc2)o1. The molecule has 0 atom stereocenters. The minimum atomic E-state index is -0.864. The van der Waals surface area contributed by atoms with Crippen LogP contribution in [-0.4, -0.2) is 10.9 Å². The van der Waals surface area contributed by atoms with Gasteiger partial charge >= 0.3 is 0 Å². The maximum Gasteiger partial charge on any atom is 0.256 e. The van der Waals surface area contributed by atoms with Crippen molar-refractivity contribution >= 4 is 23.2 Å². The highest BCUT2D eigenvalue weighted by molar-refractivity contribution is 6.30. The van der Waals surface area contributed by atoms with Gasteiger partial charge in [0.15, 0.2) is 5.76 Å². The van der Waals surface area contributed by atoms with Crippen molar-refractivity contribution < 1.29 is 18.0 Å². The molecule has 4 aromatic rings. The molecule has 4 rings (SSSR count). The van der Waals surface area contributed by atoms with Gasteiger partial charge in [0.05, 0.1) is 11.8 Å². The first-order chi connectivity index (χ1) is 14.0. The van der Waals surface area contributed by atoms with E-state index in [0.29, 0.717) is 16.3 Å². The van der Waals surface area contributed by atoms with Crippen LogP contribution in [0.15, 0.2) is 77.3 Å². The predicted octanol–water partition coefficient (Wildman–Crippen LogP) is 6.19. The van der Waals surface area contributed by atoms with Crippen LogP contribution in [0.1, 0.15) is 10.4 Å². The van der Waals surface area contributed by atoms with Gasteiger partial charge in [0.25, 0.3) is 5.91 Å². The Morgan fingerprint density at radius 2 is 1.62 bits per heavy atom. The number of hydrogen-bond donors (Lipinski definition) is 1. The Bertz CT molecular complexity index is 1170. The summed E-state index contributed by atoms with van der Waals surface area (Å²) < 4.78 is 33.6. The molecule has 0 saturated carbocycles. The third kappa shape index (κ3) is 3.88. The highest BCUT2D eigenvalue weighted by atomic mass is 35.5. The maximum atomic E-state index is 13.9. The number of nitrogens with zero attached hydrogens (tertiary/aromatic N) is 1. The average molecular weight is 411 g/mol. The van der Waals surface area contributed by atoms with Crippen LogP contribution in [0.4, 0.5) is 14.5 Å². The van der Waals surface area contributed by atoms with Crippen molar-refractivity contribution in [1.82, 2.24) is 4.98 Å². The van der Waals surface area contributed by atoms with Gasteiger partial charge in [-0.1, -0.05) is 29.8 Å². The Hall–Kier alpha value is -3.51. The lowest BCUT2D eigenvalue weighted by molar-refractivity contribution is 0.102. The minimum absolute atomic E-state index is 0.166. The molecular weight excluding hydrogens is 398 g/mol. The Morgan fingerprint density at radius 3 is 2.34 bits per heavy atom. The number of nitrogens with one attached hydrogen (secondary N) is 1. The van der Waals surface area contributed by atoms with Crippen LogP contribution in [-0.2, 0) is 0 Å². The van der Waals surface area contributed by atoms with E-state index in [1.165, 1.54) is 18.3 Å². The van der Waals surface area contributed by atoms with Crippen LogP contribution in [0.25, 0.3) is 22.8 Å². The number of carbonyl (C=O) groups is 1. The largest absolute Gasteiger partial charge is 0.436 e. The van der Waals surface area contributed by atoms with Crippen LogP contribution in [0.2, 0.25) is 5.02 Å². The van der Waals surface area contributed by atoms with Crippen molar-refractivity contribution in [2.24, 2.45) is 0 Å². The van der Waals surface area contributed by atoms with Crippen molar-refractivity contribution in [3.05, 3.63) is 95.1 Å². The van der Waals surface area contributed by atoms with Crippen LogP contribution in [0.5, 0.6) is 0 Å². The lowest BCUT2D eigenvalue weighted by Gasteiger charge is -2.09. The smallest absolute Gasteiger partial charge is 0.256 e. The molecule has 29 heavy (non-hydrogen) atoms. The van der Waals surface area contributed by atoms with Gasteiger partial charge in [0, 0.05) is 16.1 Å². The van der Waals surface area contributed by atoms with Crippen molar-refractivity contribution in [3.63, 3.8) is 0 Å². The second-order valence-corrected chi connectivity index (χ2v) is 6.57. The Kier molecular flexibility index (Phi) is 5.10. The van der Waals surface area contributed by atoms with Gasteiger partial charge in [-0.25, -0.2) is 13.8 Å². The molecule has 1 amide bonds. The Morgan fingerprint density at radius 1 is 0.931 bits per heavy atom. The predicted molar refractivity (Wildman–Crippen MR) is 107 cm³/mol. The van der Waals surface area contributed by atoms with Gasteiger partial charge in [0.1, 0.15) is 17.3 Å². The zero-order valence-corrected chi connectivity index (χ0v) is 15.6. The lowest BCUT2D eigenvalue weighted by atomic mass is 10.1. The van der Waals surface area contributed by atoms with Crippen molar-refractivity contribution in [2.75, 3.05) is 5.32 Å². The van der Waals surface area contributed by atoms with Crippen LogP contribution < -0.4 is 5.32 Å². The van der Waals surface area contributed by atoms with E-state index in [1.807, 2.05) is 0 Å². The number of anilines is 1. The zero-order valence-electron chi connectivity index (χ0n) is 14.8. The molecule has 1 aromatic heterocycles. The maximum absolute atomic E-state index is 13.9. The molecule has 0 aliphatic heterocycles. The number of halogens is 3. The van der Waals surface area contributed by atoms with Crippen molar-refractivity contribution in [2.45, 2.75) is 0 Å². The van der Waals surface area contributed by atoms with E-state index in [2.05, 4.69) is 10.3 Å². The number of rotatable bonds is 4. The molecule has 1 heterocycles. The molecule has 0 aliphatic rings. The minimum Gasteiger partial charge on any atom is -0.436 e. The normalized spacial score (nSPS) is 10.7. The van der Waals surface area contributed by atoms with Crippen molar-refractivity contribution in [1.29, 1.82) is 0 Å². The summed E-state index contributed by atoms with van der Waals surface area (Å²) in [6, 6.07) is 16.9. The number of carbonyl (C=O) groups excluding carboxylic acids is 1. The molecule has 0 fully saturated rings. The van der Waals surface area contributed by atoms with Crippen LogP contribution >= 0.6 is 11.6 Å². The molecule has 7 heteroatoms. The molecule has 3 aromatic carbocycles. The summed E-state index contributed by atoms with van der Waals surface area (Å²) in [6.45, 7) is 0. The molecule has 1 N–H and O–H groups in total. The summed E-state index contributed by atoms with van der Waals surface area (Å²) in [6.07, 6.45) is 1.53. The van der Waals surface area contributed by atoms with Gasteiger partial charge in [-0.15, -0.1) is 0 Å². The third-order valence-corrected chi connectivity index (χ3v) is 4.49. The van der Waals surface area contributed by atoms with Gasteiger partial charge in [0.2, 0.25) is 5.89 Å². The first kappa shape index (κ1) is 18.8. The molecule has 0 spiro atoms. The van der Waals surface area contributed by atoms with E-state index in [1.54, 1.807) is 42.5 Å². The number of amides is 1. The number of aromatic nitrogens is 1. The van der Waals surface area contributed by atoms with E-state index in [-0.39, 0.29) is 11.5 Å². The summed E-state index contributed by atoms with van der Waals surface area (Å²) in [7, 11) is 0. The number of oxazole rings is 1. The standard InChI is InChI=1S/C22H13ClF2N2O2/c23-14-10-8-13(9-11-14)19-12-26-22(29-19)16-5-2-1-4-15(16)21(28)27-20-17(24)6-3-7-18(20)25/h1-12H,(H,27,28). The topological polar surface area (TPSA) is 55.1 Å². The molecule has 0 saturated heterocycles. The lowest BCUT2D eigenvalue weighted by Crippen LogP contribution is -2.15. The van der Waals surface area contributed by atoms with Gasteiger partial charge in [-0.05, 0) is 48.5 Å². The quantitative estimate of drug-likeness (QED) is 0.436. The highest BCUT2D eigenvalue weighted by Crippen LogP contribution is 2.29. The number of benzene rings is 3. The third-order valence-electron chi connectivity index (χ3n) is 4.24. The fourth-order valence-electron chi connectivity index (χ4n) is 2.81. The van der Waals surface area contributed by atoms with E-state index in [9.17, 15) is 13.6 Å². The molecular formula is C22H13ClF2N2O2. The second-order valence-electron chi connectivity index (χ2n) is 6.13. The molecule has 0 bridgehead atoms. The Labute approximate surface area is 169 Å². The summed E-state index contributed by atoms with van der Waals surface area (Å²) in [5.74, 6) is -1.72. The van der Waals surface area contributed by atoms with E-state index in [4.69, 9.17) is 16.0 Å². The summed E-state index contributed by atoms with van der Waals surface area (Å²) in [4.78, 5) is 16.9. The summed E-state index contributed by atoms with van der Waals surface area (Å²) in [5.41, 5.74) is 0.812. The van der Waals surface area contributed by atoms with Gasteiger partial charge < -0.3 is 9.73 Å². The molecule has 0 radical (unpaired) electrons. The monoisotopic (exact) mass is 410 g/mol. The van der Waals surface area contributed by atoms with Crippen molar-refractivity contribution in [3.8, 4) is 22.8 Å². The molecule has 144 valence electrons. The first-order valence-corrected chi connectivity index (χ1v) is 8.97. The number of hydrogen-bond acceptors (Lipinski definition) is 3. The summed E-state index contributed by atoms with van der Waals surface area (Å²) >= 11 is 5.90. The van der Waals surface area contributed by atoms with Gasteiger partial charge in [-0.2, -0.15) is 0 Å². The van der Waals surface area contributed by atoms with E-state index >= 15 is 0 Å². The average Bonchev–Trinajstić information content (AvgIpc) is 3.21. The molecule has 0 unspecified atom stereocenters. The fraction of sp³-hybridized carbons (Fsp3) is 0. The fourth-order valence-corrected chi connectivity index (χ4v) is 2.94. The number of para-hydroxylation sites is 1. The summed E-state index contributed by atoms with van der Waals surface area (Å²) in [5, 5.41) is 2.87. The second kappa shape index (κ2) is 7.85. The highest BCUT2D eigenvalue weighted by Gasteiger charge is 2.19. The van der Waals surface area contributed by atoms with Crippen LogP contribution in [0.3, 0.4) is 0 Å². The molecule has 0 aliphatic carbocycles. The molecule has 4 nitrogen and oxygen atoms in total. The Balaban J connectivity index is 1.67. The van der Waals surface area contributed by atoms with Crippen LogP contribution in [0, 0.1) is 11.6 Å². The first-order valence-electron chi connectivity index (χ1n) is 8.59. The van der Waals surface area contributed by atoms with E-state index < -0.39 is 23.2 Å².